The molecular weight excluding hydrogens is 380 g/mol. The van der Waals surface area contributed by atoms with Gasteiger partial charge in [0, 0.05) is 13.2 Å². The molecule has 0 saturated carbocycles. The molecule has 170 valence electrons. The number of nitrogens with zero attached hydrogens (tertiary/aromatic N) is 1. The van der Waals surface area contributed by atoms with Crippen molar-refractivity contribution in [1.29, 1.82) is 0 Å². The Kier molecular flexibility index (Phi) is 12.3. The largest absolute Gasteiger partial charge is 0.491 e. The molecule has 1 amide bonds. The molecule has 0 aromatic heterocycles. The molecule has 6 heteroatoms. The highest BCUT2D eigenvalue weighted by Crippen LogP contribution is 2.24. The highest BCUT2D eigenvalue weighted by atomic mass is 16.6. The maximum atomic E-state index is 12.6. The summed E-state index contributed by atoms with van der Waals surface area (Å²) < 4.78 is 17.4. The molecule has 0 radical (unpaired) electrons. The number of hydrogen-bond acceptors (Lipinski definition) is 5. The molecule has 2 rings (SSSR count). The first-order valence-corrected chi connectivity index (χ1v) is 11.7. The van der Waals surface area contributed by atoms with Gasteiger partial charge in [-0.1, -0.05) is 51.7 Å². The molecule has 0 bridgehead atoms. The molecule has 30 heavy (non-hydrogen) atoms. The molecule has 1 aromatic carbocycles. The number of para-hydroxylation sites is 2. The van der Waals surface area contributed by atoms with Crippen LogP contribution in [0.5, 0.6) is 5.75 Å². The minimum Gasteiger partial charge on any atom is -0.491 e. The molecule has 1 saturated heterocycles. The van der Waals surface area contributed by atoms with Crippen LogP contribution in [0.2, 0.25) is 0 Å². The van der Waals surface area contributed by atoms with E-state index >= 15 is 0 Å². The van der Waals surface area contributed by atoms with E-state index in [1.165, 1.54) is 25.7 Å². The third-order valence-electron chi connectivity index (χ3n) is 5.26. The molecule has 1 unspecified atom stereocenters. The SMILES string of the molecule is CCCCOCC(CN1CCCCCC1)OC(=O)Nc1ccccc1OCCCC. The van der Waals surface area contributed by atoms with Crippen molar-refractivity contribution >= 4 is 11.8 Å². The topological polar surface area (TPSA) is 60.0 Å². The summed E-state index contributed by atoms with van der Waals surface area (Å²) in [5, 5.41) is 2.86. The Balaban J connectivity index is 1.91. The van der Waals surface area contributed by atoms with E-state index in [-0.39, 0.29) is 6.10 Å². The van der Waals surface area contributed by atoms with E-state index in [1.54, 1.807) is 0 Å². The van der Waals surface area contributed by atoms with Crippen molar-refractivity contribution in [3.05, 3.63) is 24.3 Å². The van der Waals surface area contributed by atoms with Crippen LogP contribution in [0, 0.1) is 0 Å². The number of likely N-dealkylation sites (tertiary alicyclic amines) is 1. The Morgan fingerprint density at radius 1 is 1.03 bits per heavy atom. The molecule has 1 fully saturated rings. The first-order chi connectivity index (χ1) is 14.7. The van der Waals surface area contributed by atoms with Crippen molar-refractivity contribution in [3.63, 3.8) is 0 Å². The highest BCUT2D eigenvalue weighted by molar-refractivity contribution is 5.86. The van der Waals surface area contributed by atoms with Crippen LogP contribution >= 0.6 is 0 Å². The van der Waals surface area contributed by atoms with E-state index in [9.17, 15) is 4.79 Å². The monoisotopic (exact) mass is 420 g/mol. The Labute approximate surface area is 182 Å². The van der Waals surface area contributed by atoms with Gasteiger partial charge < -0.3 is 14.2 Å². The van der Waals surface area contributed by atoms with Crippen LogP contribution in [0.25, 0.3) is 0 Å². The van der Waals surface area contributed by atoms with E-state index < -0.39 is 6.09 Å². The van der Waals surface area contributed by atoms with Gasteiger partial charge in [0.05, 0.1) is 18.9 Å². The molecular formula is C24H40N2O4. The fourth-order valence-corrected chi connectivity index (χ4v) is 3.50. The fourth-order valence-electron chi connectivity index (χ4n) is 3.50. The van der Waals surface area contributed by atoms with Crippen molar-refractivity contribution in [2.75, 3.05) is 44.8 Å². The zero-order valence-electron chi connectivity index (χ0n) is 18.9. The number of nitrogens with one attached hydrogen (secondary N) is 1. The summed E-state index contributed by atoms with van der Waals surface area (Å²) >= 11 is 0. The lowest BCUT2D eigenvalue weighted by Crippen LogP contribution is -2.39. The first-order valence-electron chi connectivity index (χ1n) is 11.7. The van der Waals surface area contributed by atoms with Crippen LogP contribution in [0.15, 0.2) is 24.3 Å². The number of rotatable bonds is 13. The number of carbonyl (C=O) groups is 1. The number of carbonyl (C=O) groups excluding carboxylic acids is 1. The number of benzene rings is 1. The van der Waals surface area contributed by atoms with Gasteiger partial charge >= 0.3 is 6.09 Å². The Hall–Kier alpha value is -1.79. The van der Waals surface area contributed by atoms with Gasteiger partial charge in [0.1, 0.15) is 11.9 Å². The van der Waals surface area contributed by atoms with Gasteiger partial charge in [-0.15, -0.1) is 0 Å². The van der Waals surface area contributed by atoms with Crippen LogP contribution in [0.4, 0.5) is 10.5 Å². The number of anilines is 1. The van der Waals surface area contributed by atoms with Crippen LogP contribution in [-0.2, 0) is 9.47 Å². The summed E-state index contributed by atoms with van der Waals surface area (Å²) in [7, 11) is 0. The van der Waals surface area contributed by atoms with E-state index in [4.69, 9.17) is 14.2 Å². The van der Waals surface area contributed by atoms with Crippen LogP contribution in [0.1, 0.15) is 65.2 Å². The lowest BCUT2D eigenvalue weighted by atomic mass is 10.2. The second-order valence-electron chi connectivity index (χ2n) is 7.99. The van der Waals surface area contributed by atoms with Gasteiger partial charge in [0.25, 0.3) is 0 Å². The minimum atomic E-state index is -0.458. The Morgan fingerprint density at radius 2 is 1.73 bits per heavy atom. The highest BCUT2D eigenvalue weighted by Gasteiger charge is 2.20. The third kappa shape index (κ3) is 9.81. The molecule has 1 aliphatic heterocycles. The van der Waals surface area contributed by atoms with Gasteiger partial charge in [-0.05, 0) is 50.9 Å². The molecule has 1 aromatic rings. The summed E-state index contributed by atoms with van der Waals surface area (Å²) in [5.74, 6) is 0.672. The van der Waals surface area contributed by atoms with Gasteiger partial charge in [0.2, 0.25) is 0 Å². The standard InChI is InChI=1S/C24H40N2O4/c1-3-5-17-28-20-21(19-26-15-11-7-8-12-16-26)30-24(27)25-22-13-9-10-14-23(22)29-18-6-4-2/h9-10,13-14,21H,3-8,11-12,15-20H2,1-2H3,(H,25,27). The lowest BCUT2D eigenvalue weighted by molar-refractivity contribution is 0.00710. The zero-order chi connectivity index (χ0) is 21.4. The number of amides is 1. The predicted molar refractivity (Wildman–Crippen MR) is 121 cm³/mol. The van der Waals surface area contributed by atoms with Crippen molar-refractivity contribution in [3.8, 4) is 5.75 Å². The van der Waals surface area contributed by atoms with Gasteiger partial charge in [0.15, 0.2) is 0 Å². The minimum absolute atomic E-state index is 0.284. The van der Waals surface area contributed by atoms with Gasteiger partial charge in [-0.25, -0.2) is 4.79 Å². The number of unbranched alkanes of at least 4 members (excludes halogenated alkanes) is 2. The Morgan fingerprint density at radius 3 is 2.47 bits per heavy atom. The third-order valence-corrected chi connectivity index (χ3v) is 5.26. The van der Waals surface area contributed by atoms with E-state index in [1.807, 2.05) is 24.3 Å². The van der Waals surface area contributed by atoms with E-state index in [0.29, 0.717) is 37.8 Å². The summed E-state index contributed by atoms with van der Waals surface area (Å²) in [6.07, 6.45) is 8.39. The Bertz CT molecular complexity index is 588. The molecule has 1 heterocycles. The predicted octanol–water partition coefficient (Wildman–Crippen LogP) is 5.48. The molecule has 1 aliphatic rings. The van der Waals surface area contributed by atoms with Crippen molar-refractivity contribution in [1.82, 2.24) is 4.90 Å². The maximum Gasteiger partial charge on any atom is 0.412 e. The molecule has 1 atom stereocenters. The molecule has 1 N–H and O–H groups in total. The zero-order valence-corrected chi connectivity index (χ0v) is 18.9. The second kappa shape index (κ2) is 15.1. The van der Waals surface area contributed by atoms with E-state index in [2.05, 4.69) is 24.1 Å². The molecule has 0 aliphatic carbocycles. The second-order valence-corrected chi connectivity index (χ2v) is 7.99. The number of ether oxygens (including phenoxy) is 3. The normalized spacial score (nSPS) is 15.9. The lowest BCUT2D eigenvalue weighted by Gasteiger charge is -2.26. The summed E-state index contributed by atoms with van der Waals surface area (Å²) in [4.78, 5) is 15.0. The quantitative estimate of drug-likeness (QED) is 0.429. The molecule has 0 spiro atoms. The van der Waals surface area contributed by atoms with Gasteiger partial charge in [-0.2, -0.15) is 0 Å². The molecule has 6 nitrogen and oxygen atoms in total. The average molecular weight is 421 g/mol. The van der Waals surface area contributed by atoms with Crippen LogP contribution in [0.3, 0.4) is 0 Å². The van der Waals surface area contributed by atoms with Crippen molar-refractivity contribution in [2.24, 2.45) is 0 Å². The van der Waals surface area contributed by atoms with Crippen molar-refractivity contribution in [2.45, 2.75) is 71.3 Å². The summed E-state index contributed by atoms with van der Waals surface area (Å²) in [6, 6.07) is 7.49. The average Bonchev–Trinajstić information content (AvgIpc) is 3.01. The fraction of sp³-hybridized carbons (Fsp3) is 0.708. The van der Waals surface area contributed by atoms with Crippen molar-refractivity contribution < 1.29 is 19.0 Å². The van der Waals surface area contributed by atoms with E-state index in [0.717, 1.165) is 38.8 Å². The smallest absolute Gasteiger partial charge is 0.412 e. The van der Waals surface area contributed by atoms with Crippen LogP contribution in [-0.4, -0.2) is 56.6 Å². The summed E-state index contributed by atoms with van der Waals surface area (Å²) in [5.41, 5.74) is 0.638. The first kappa shape index (κ1) is 24.5. The van der Waals surface area contributed by atoms with Gasteiger partial charge in [-0.3, -0.25) is 10.2 Å². The maximum absolute atomic E-state index is 12.6. The summed E-state index contributed by atoms with van der Waals surface area (Å²) in [6.45, 7) is 8.86. The van der Waals surface area contributed by atoms with Crippen LogP contribution < -0.4 is 10.1 Å². The number of hydrogen-bond donors (Lipinski definition) is 1.